The molecule has 0 aliphatic carbocycles. The number of aromatic nitrogens is 5. The van der Waals surface area contributed by atoms with Crippen molar-refractivity contribution < 1.29 is 18.0 Å². The number of carbonyl (C=O) groups is 1. The van der Waals surface area contributed by atoms with Crippen molar-refractivity contribution in [2.75, 3.05) is 5.32 Å². The quantitative estimate of drug-likeness (QED) is 0.499. The molecule has 0 spiro atoms. The van der Waals surface area contributed by atoms with Gasteiger partial charge < -0.3 is 5.32 Å². The number of benzene rings is 1. The SMILES string of the molecule is Cc1cc(=O)c(C(=O)Nc2ccn(Cc3cccnc3)n2)nn1-c1cccc(C(F)(F)F)c1. The number of pyridine rings is 1. The van der Waals surface area contributed by atoms with Crippen LogP contribution in [0.3, 0.4) is 0 Å². The number of anilines is 1. The van der Waals surface area contributed by atoms with E-state index in [-0.39, 0.29) is 17.2 Å². The van der Waals surface area contributed by atoms with Crippen LogP contribution in [-0.4, -0.2) is 30.5 Å². The van der Waals surface area contributed by atoms with Gasteiger partial charge in [0.2, 0.25) is 5.43 Å². The van der Waals surface area contributed by atoms with E-state index >= 15 is 0 Å². The highest BCUT2D eigenvalue weighted by atomic mass is 19.4. The van der Waals surface area contributed by atoms with Crippen LogP contribution in [-0.2, 0) is 12.7 Å². The molecule has 0 atom stereocenters. The van der Waals surface area contributed by atoms with Crippen molar-refractivity contribution in [3.8, 4) is 5.69 Å². The van der Waals surface area contributed by atoms with Crippen LogP contribution in [0.1, 0.15) is 27.3 Å². The molecule has 11 heteroatoms. The first-order valence-electron chi connectivity index (χ1n) is 9.73. The molecule has 0 aliphatic heterocycles. The second kappa shape index (κ2) is 8.69. The molecule has 3 heterocycles. The van der Waals surface area contributed by atoms with Crippen LogP contribution in [0.2, 0.25) is 0 Å². The summed E-state index contributed by atoms with van der Waals surface area (Å²) in [5, 5.41) is 10.7. The summed E-state index contributed by atoms with van der Waals surface area (Å²) in [5.41, 5.74) is -0.760. The van der Waals surface area contributed by atoms with E-state index in [1.165, 1.54) is 19.1 Å². The van der Waals surface area contributed by atoms with E-state index in [0.717, 1.165) is 28.4 Å². The Morgan fingerprint density at radius 1 is 1.09 bits per heavy atom. The third-order valence-electron chi connectivity index (χ3n) is 4.69. The molecular weight excluding hydrogens is 437 g/mol. The van der Waals surface area contributed by atoms with Gasteiger partial charge in [0.1, 0.15) is 0 Å². The molecule has 168 valence electrons. The lowest BCUT2D eigenvalue weighted by atomic mass is 10.2. The van der Waals surface area contributed by atoms with E-state index in [1.807, 2.05) is 6.07 Å². The maximum atomic E-state index is 13.1. The molecule has 0 unspecified atom stereocenters. The van der Waals surface area contributed by atoms with E-state index in [4.69, 9.17) is 0 Å². The zero-order valence-electron chi connectivity index (χ0n) is 17.2. The van der Waals surface area contributed by atoms with Gasteiger partial charge in [-0.1, -0.05) is 12.1 Å². The zero-order valence-corrected chi connectivity index (χ0v) is 17.2. The fourth-order valence-electron chi connectivity index (χ4n) is 3.15. The third kappa shape index (κ3) is 4.97. The van der Waals surface area contributed by atoms with Crippen molar-refractivity contribution in [2.24, 2.45) is 0 Å². The van der Waals surface area contributed by atoms with Gasteiger partial charge in [-0.3, -0.25) is 19.3 Å². The molecule has 4 aromatic rings. The summed E-state index contributed by atoms with van der Waals surface area (Å²) in [4.78, 5) is 29.1. The van der Waals surface area contributed by atoms with E-state index in [0.29, 0.717) is 6.54 Å². The summed E-state index contributed by atoms with van der Waals surface area (Å²) < 4.78 is 41.9. The average molecular weight is 454 g/mol. The number of nitrogens with zero attached hydrogens (tertiary/aromatic N) is 5. The third-order valence-corrected chi connectivity index (χ3v) is 4.69. The van der Waals surface area contributed by atoms with Crippen LogP contribution >= 0.6 is 0 Å². The first-order valence-corrected chi connectivity index (χ1v) is 9.73. The number of carbonyl (C=O) groups excluding carboxylic acids is 1. The minimum Gasteiger partial charge on any atom is -0.304 e. The maximum absolute atomic E-state index is 13.1. The monoisotopic (exact) mass is 454 g/mol. The first-order chi connectivity index (χ1) is 15.7. The molecule has 0 saturated heterocycles. The molecule has 8 nitrogen and oxygen atoms in total. The molecule has 0 radical (unpaired) electrons. The van der Waals surface area contributed by atoms with E-state index < -0.39 is 28.8 Å². The number of halogens is 3. The summed E-state index contributed by atoms with van der Waals surface area (Å²) in [6, 6.07) is 10.8. The zero-order chi connectivity index (χ0) is 23.6. The van der Waals surface area contributed by atoms with Crippen LogP contribution in [0.5, 0.6) is 0 Å². The van der Waals surface area contributed by atoms with Crippen LogP contribution < -0.4 is 10.7 Å². The molecule has 3 aromatic heterocycles. The normalized spacial score (nSPS) is 11.4. The van der Waals surface area contributed by atoms with Crippen molar-refractivity contribution in [3.63, 3.8) is 0 Å². The summed E-state index contributed by atoms with van der Waals surface area (Å²) >= 11 is 0. The Kier molecular flexibility index (Phi) is 5.78. The number of hydrogen-bond donors (Lipinski definition) is 1. The number of rotatable bonds is 5. The van der Waals surface area contributed by atoms with Gasteiger partial charge in [-0.05, 0) is 36.8 Å². The second-order valence-corrected chi connectivity index (χ2v) is 7.17. The van der Waals surface area contributed by atoms with Crippen LogP contribution in [0.25, 0.3) is 5.69 Å². The van der Waals surface area contributed by atoms with Gasteiger partial charge in [0.15, 0.2) is 11.5 Å². The van der Waals surface area contributed by atoms with Gasteiger partial charge in [-0.15, -0.1) is 0 Å². The Morgan fingerprint density at radius 3 is 2.64 bits per heavy atom. The Balaban J connectivity index is 1.59. The Morgan fingerprint density at radius 2 is 1.91 bits per heavy atom. The van der Waals surface area contributed by atoms with Crippen LogP contribution in [0, 0.1) is 6.92 Å². The average Bonchev–Trinajstić information content (AvgIpc) is 3.20. The summed E-state index contributed by atoms with van der Waals surface area (Å²) in [5.74, 6) is -0.636. The fraction of sp³-hybridized carbons (Fsp3) is 0.136. The number of aryl methyl sites for hydroxylation is 1. The minimum absolute atomic E-state index is 0.0668. The van der Waals surface area contributed by atoms with Crippen LogP contribution in [0.15, 0.2) is 71.9 Å². The largest absolute Gasteiger partial charge is 0.416 e. The molecule has 33 heavy (non-hydrogen) atoms. The molecule has 0 fully saturated rings. The molecule has 1 aromatic carbocycles. The second-order valence-electron chi connectivity index (χ2n) is 7.17. The molecule has 0 saturated carbocycles. The Labute approximate surface area is 185 Å². The topological polar surface area (TPSA) is 94.7 Å². The number of nitrogens with one attached hydrogen (secondary N) is 1. The van der Waals surface area contributed by atoms with E-state index in [2.05, 4.69) is 20.5 Å². The molecule has 1 amide bonds. The van der Waals surface area contributed by atoms with Crippen molar-refractivity contribution in [3.05, 3.63) is 99.9 Å². The Bertz CT molecular complexity index is 1360. The molecule has 0 bridgehead atoms. The van der Waals surface area contributed by atoms with Crippen LogP contribution in [0.4, 0.5) is 19.0 Å². The highest BCUT2D eigenvalue weighted by Crippen LogP contribution is 2.30. The van der Waals surface area contributed by atoms with Crippen molar-refractivity contribution in [2.45, 2.75) is 19.6 Å². The van der Waals surface area contributed by atoms with Gasteiger partial charge in [-0.2, -0.15) is 23.4 Å². The summed E-state index contributed by atoms with van der Waals surface area (Å²) in [6.45, 7) is 1.94. The van der Waals surface area contributed by atoms with Gasteiger partial charge in [0, 0.05) is 36.4 Å². The number of hydrogen-bond acceptors (Lipinski definition) is 5. The predicted molar refractivity (Wildman–Crippen MR) is 113 cm³/mol. The lowest BCUT2D eigenvalue weighted by molar-refractivity contribution is -0.137. The fourth-order valence-corrected chi connectivity index (χ4v) is 3.15. The molecule has 4 rings (SSSR count). The minimum atomic E-state index is -4.54. The molecule has 1 N–H and O–H groups in total. The highest BCUT2D eigenvalue weighted by Gasteiger charge is 2.30. The molecular formula is C22H17F3N6O2. The van der Waals surface area contributed by atoms with E-state index in [9.17, 15) is 22.8 Å². The van der Waals surface area contributed by atoms with Gasteiger partial charge >= 0.3 is 6.18 Å². The standard InChI is InChI=1S/C22H17F3N6O2/c1-14-10-18(32)20(29-31(14)17-6-2-5-16(11-17)22(23,24)25)21(33)27-19-7-9-30(28-19)13-15-4-3-8-26-12-15/h2-12H,13H2,1H3,(H,27,28,33). The lowest BCUT2D eigenvalue weighted by Crippen LogP contribution is -2.27. The molecule has 0 aliphatic rings. The van der Waals surface area contributed by atoms with Gasteiger partial charge in [0.05, 0.1) is 17.8 Å². The maximum Gasteiger partial charge on any atom is 0.416 e. The smallest absolute Gasteiger partial charge is 0.304 e. The van der Waals surface area contributed by atoms with Crippen molar-refractivity contribution in [1.29, 1.82) is 0 Å². The number of alkyl halides is 3. The van der Waals surface area contributed by atoms with Gasteiger partial charge in [-0.25, -0.2) is 4.68 Å². The predicted octanol–water partition coefficient (Wildman–Crippen LogP) is 3.45. The Hall–Kier alpha value is -4.28. The van der Waals surface area contributed by atoms with E-state index in [1.54, 1.807) is 35.4 Å². The number of amides is 1. The first kappa shape index (κ1) is 21.9. The summed E-state index contributed by atoms with van der Waals surface area (Å²) in [6.07, 6.45) is 0.440. The summed E-state index contributed by atoms with van der Waals surface area (Å²) in [7, 11) is 0. The van der Waals surface area contributed by atoms with Gasteiger partial charge in [0.25, 0.3) is 5.91 Å². The highest BCUT2D eigenvalue weighted by molar-refractivity contribution is 6.02. The van der Waals surface area contributed by atoms with Crippen molar-refractivity contribution in [1.82, 2.24) is 24.5 Å². The lowest BCUT2D eigenvalue weighted by Gasteiger charge is -2.13. The van der Waals surface area contributed by atoms with Crippen molar-refractivity contribution >= 4 is 11.7 Å².